The van der Waals surface area contributed by atoms with Crippen LogP contribution in [0.3, 0.4) is 0 Å². The summed E-state index contributed by atoms with van der Waals surface area (Å²) in [6.07, 6.45) is 0. The SMILES string of the molecule is CC1(C)OB(c2cccc(-c3cccc(-c4cccc5c4oc4ccccc45)c3)c2)OC1(C)C.Clc1nc(-c2cccc(-c3ccccc3)c2)c2oc3ccccc3c2n1.Clc1nc(Cl)c2oc3ccccc3c2n1.OOB(O)c1cccc(-c2ccccc2)c1.c1ccc(-c2cccc(-c3nc(-c4cccc(-c5cccc(-c6cccc7c6oc6ccccc67)c5)c4)nc4c3oc3ccccc34)c2)cc1. The third-order valence-electron chi connectivity index (χ3n) is 25.8. The number of furan rings is 5. The lowest BCUT2D eigenvalue weighted by molar-refractivity contribution is -0.154. The van der Waals surface area contributed by atoms with Crippen LogP contribution in [-0.2, 0) is 14.1 Å². The molecular weight excluding hydrogens is 1810 g/mol. The summed E-state index contributed by atoms with van der Waals surface area (Å²) in [5.41, 5.74) is 30.5. The fraction of sp³-hybridized carbons (Fsp3) is 0.0500. The molecule has 1 aliphatic heterocycles. The Morgan fingerprint density at radius 2 is 0.567 bits per heavy atom. The Kier molecular flexibility index (Phi) is 24.6. The second-order valence-corrected chi connectivity index (χ2v) is 36.2. The minimum atomic E-state index is -1.30. The van der Waals surface area contributed by atoms with Gasteiger partial charge in [-0.2, -0.15) is 0 Å². The highest BCUT2D eigenvalue weighted by molar-refractivity contribution is 6.62. The van der Waals surface area contributed by atoms with Crippen molar-refractivity contribution in [2.24, 2.45) is 0 Å². The van der Waals surface area contributed by atoms with Crippen LogP contribution in [0, 0.1) is 0 Å². The number of aromatic nitrogens is 6. The summed E-state index contributed by atoms with van der Waals surface area (Å²) in [6.45, 7) is 8.33. The molecule has 16 nitrogen and oxygen atoms in total. The molecule has 0 unspecified atom stereocenters. The number of para-hydroxylation sites is 7. The Morgan fingerprint density at radius 3 is 1.03 bits per heavy atom. The van der Waals surface area contributed by atoms with Gasteiger partial charge in [0.25, 0.3) is 0 Å². The van der Waals surface area contributed by atoms with Crippen molar-refractivity contribution in [1.82, 2.24) is 29.9 Å². The van der Waals surface area contributed by atoms with E-state index in [9.17, 15) is 5.02 Å². The van der Waals surface area contributed by atoms with E-state index >= 15 is 0 Å². The lowest BCUT2D eigenvalue weighted by Crippen LogP contribution is -2.41. The predicted molar refractivity (Wildman–Crippen MR) is 572 cm³/mol. The van der Waals surface area contributed by atoms with Crippen LogP contribution >= 0.6 is 34.8 Å². The average Bonchev–Trinajstić information content (AvgIpc) is 1.63. The van der Waals surface area contributed by atoms with E-state index < -0.39 is 7.12 Å². The first-order valence-electron chi connectivity index (χ1n) is 46.0. The summed E-state index contributed by atoms with van der Waals surface area (Å²) < 4.78 is 43.2. The van der Waals surface area contributed by atoms with E-state index in [0.717, 1.165) is 194 Å². The zero-order valence-electron chi connectivity index (χ0n) is 76.5. The first kappa shape index (κ1) is 90.0. The van der Waals surface area contributed by atoms with Gasteiger partial charge in [0.15, 0.2) is 27.7 Å². The molecule has 21 heteroatoms. The van der Waals surface area contributed by atoms with Gasteiger partial charge in [-0.05, 0) is 207 Å². The van der Waals surface area contributed by atoms with Gasteiger partial charge in [-0.25, -0.2) is 29.9 Å². The molecule has 680 valence electrons. The number of nitrogens with zero attached hydrogens (tertiary/aromatic N) is 6. The smallest absolute Gasteiger partial charge is 0.455 e. The Labute approximate surface area is 825 Å². The molecule has 17 aromatic carbocycles. The van der Waals surface area contributed by atoms with E-state index in [-0.39, 0.29) is 34.0 Å². The standard InChI is InChI=1S/C46H28N2O2.C30H27BO3.C22H13ClN2O.C12H11BO3.C10H4Cl2N2O/c1-2-12-29(13-3-1)30-14-9-18-34(27-30)42-45-43(39-21-5-7-25-41(39)50-45)48-46(47-42)35-19-10-16-32(28-35)31-15-8-17-33(26-31)36-22-11-23-38-37-20-4-6-24-40(37)49-44(36)38;1-29(2)30(3,4)34-31(33-29)23-13-8-11-21(19-23)20-10-7-12-22(18-20)24-15-9-16-26-25-14-5-6-17-27(25)32-28(24)26;23-22-24-19(21-20(25-22)17-11-4-5-12-18(17)26-21)16-10-6-9-15(13-16)14-7-2-1-3-8-14;14-13(16-15)12-8-4-7-11(9-12)10-5-2-1-3-6-10;11-9-8-7(13-10(12)14-9)5-3-1-2-4-6(5)15-8/h1-28H;5-19H,1-4H3;1-13H;1-9,14-15H;1-4H. The van der Waals surface area contributed by atoms with Gasteiger partial charge in [-0.1, -0.05) is 351 Å². The van der Waals surface area contributed by atoms with Crippen molar-refractivity contribution >= 4 is 170 Å². The molecule has 8 aromatic heterocycles. The van der Waals surface area contributed by atoms with Gasteiger partial charge in [0.1, 0.15) is 67.0 Å². The zero-order valence-corrected chi connectivity index (χ0v) is 78.7. The number of benzene rings is 17. The third-order valence-corrected chi connectivity index (χ3v) is 26.4. The molecule has 25 aromatic rings. The van der Waals surface area contributed by atoms with E-state index in [4.69, 9.17) is 81.4 Å². The van der Waals surface area contributed by atoms with Crippen molar-refractivity contribution < 1.29 is 46.5 Å². The fourth-order valence-corrected chi connectivity index (χ4v) is 18.7. The van der Waals surface area contributed by atoms with Crippen LogP contribution < -0.4 is 10.9 Å². The van der Waals surface area contributed by atoms with Gasteiger partial charge >= 0.3 is 14.2 Å². The Balaban J connectivity index is 0.000000109. The largest absolute Gasteiger partial charge is 0.522 e. The molecular formula is C120H83B2Cl3N6O10. The van der Waals surface area contributed by atoms with Crippen molar-refractivity contribution in [3.05, 3.63) is 434 Å². The van der Waals surface area contributed by atoms with Crippen LogP contribution in [0.2, 0.25) is 15.7 Å². The van der Waals surface area contributed by atoms with Gasteiger partial charge in [0.2, 0.25) is 10.6 Å². The third kappa shape index (κ3) is 18.2. The van der Waals surface area contributed by atoms with Crippen molar-refractivity contribution in [1.29, 1.82) is 0 Å². The minimum Gasteiger partial charge on any atom is -0.455 e. The quantitative estimate of drug-likeness (QED) is 0.0361. The Bertz CT molecular complexity index is 8990. The maximum Gasteiger partial charge on any atom is 0.522 e. The lowest BCUT2D eigenvalue weighted by atomic mass is 9.78. The number of fused-ring (bicyclic) bond motifs is 15. The second-order valence-electron chi connectivity index (χ2n) is 35.2. The van der Waals surface area contributed by atoms with Gasteiger partial charge in [-0.15, -0.1) is 0 Å². The summed E-state index contributed by atoms with van der Waals surface area (Å²) in [5, 5.41) is 25.6. The van der Waals surface area contributed by atoms with E-state index in [2.05, 4.69) is 289 Å². The molecule has 0 radical (unpaired) electrons. The van der Waals surface area contributed by atoms with Crippen molar-refractivity contribution in [3.63, 3.8) is 0 Å². The van der Waals surface area contributed by atoms with Gasteiger partial charge in [0.05, 0.1) is 11.2 Å². The number of rotatable bonds is 13. The zero-order chi connectivity index (χ0) is 95.8. The number of halogens is 3. The molecule has 2 N–H and O–H groups in total. The minimum absolute atomic E-state index is 0.124. The first-order chi connectivity index (χ1) is 68.9. The summed E-state index contributed by atoms with van der Waals surface area (Å²) >= 11 is 17.9. The van der Waals surface area contributed by atoms with Gasteiger partial charge in [-0.3, -0.25) is 10.1 Å². The monoisotopic (exact) mass is 1890 g/mol. The van der Waals surface area contributed by atoms with Crippen LogP contribution in [0.15, 0.2) is 441 Å². The average molecular weight is 1900 g/mol. The molecule has 0 atom stereocenters. The summed E-state index contributed by atoms with van der Waals surface area (Å²) in [5.74, 6) is 0.647. The molecule has 0 amide bonds. The fourth-order valence-electron chi connectivity index (χ4n) is 18.1. The van der Waals surface area contributed by atoms with Gasteiger partial charge in [0, 0.05) is 65.5 Å². The highest BCUT2D eigenvalue weighted by atomic mass is 35.5. The molecule has 26 rings (SSSR count). The topological polar surface area (TPSA) is 211 Å². The van der Waals surface area contributed by atoms with E-state index in [0.29, 0.717) is 39.2 Å². The molecule has 0 bridgehead atoms. The lowest BCUT2D eigenvalue weighted by Gasteiger charge is -2.32. The molecule has 0 aliphatic carbocycles. The van der Waals surface area contributed by atoms with E-state index in [1.807, 2.05) is 164 Å². The highest BCUT2D eigenvalue weighted by Gasteiger charge is 2.52. The van der Waals surface area contributed by atoms with Crippen molar-refractivity contribution in [3.8, 4) is 112 Å². The second kappa shape index (κ2) is 38.6. The molecule has 141 heavy (non-hydrogen) atoms. The van der Waals surface area contributed by atoms with Crippen LogP contribution in [0.25, 0.3) is 222 Å². The first-order valence-corrected chi connectivity index (χ1v) is 47.2. The number of hydrogen-bond donors (Lipinski definition) is 2. The predicted octanol–water partition coefficient (Wildman–Crippen LogP) is 31.4. The number of hydrogen-bond acceptors (Lipinski definition) is 16. The maximum absolute atomic E-state index is 9.33. The molecule has 1 fully saturated rings. The summed E-state index contributed by atoms with van der Waals surface area (Å²) in [7, 11) is -1.68. The summed E-state index contributed by atoms with van der Waals surface area (Å²) in [4.78, 5) is 31.0. The summed E-state index contributed by atoms with van der Waals surface area (Å²) in [6, 6.07) is 141. The highest BCUT2D eigenvalue weighted by Crippen LogP contribution is 2.45. The van der Waals surface area contributed by atoms with Crippen molar-refractivity contribution in [2.45, 2.75) is 38.9 Å². The molecule has 0 spiro atoms. The van der Waals surface area contributed by atoms with Crippen LogP contribution in [0.4, 0.5) is 0 Å². The van der Waals surface area contributed by atoms with Crippen LogP contribution in [-0.4, -0.2) is 65.6 Å². The van der Waals surface area contributed by atoms with Crippen molar-refractivity contribution in [2.75, 3.05) is 0 Å². The van der Waals surface area contributed by atoms with Gasteiger partial charge < -0.3 is 36.4 Å². The molecule has 0 saturated carbocycles. The van der Waals surface area contributed by atoms with Crippen LogP contribution in [0.5, 0.6) is 0 Å². The maximum atomic E-state index is 9.33. The van der Waals surface area contributed by atoms with E-state index in [1.165, 1.54) is 0 Å². The molecule has 1 aliphatic rings. The van der Waals surface area contributed by atoms with E-state index in [1.54, 1.807) is 18.2 Å². The molecule has 9 heterocycles. The Hall–Kier alpha value is -16.2. The van der Waals surface area contributed by atoms with Crippen LogP contribution in [0.1, 0.15) is 27.7 Å². The molecule has 1 saturated heterocycles. The Morgan fingerprint density at radius 1 is 0.262 bits per heavy atom. The normalized spacial score (nSPS) is 12.6.